The quantitative estimate of drug-likeness (QED) is 0.362. The molecule has 0 aliphatic carbocycles. The fraction of sp³-hybridized carbons (Fsp3) is 0.381. The van der Waals surface area contributed by atoms with Crippen molar-refractivity contribution < 1.29 is 22.7 Å². The predicted molar refractivity (Wildman–Crippen MR) is 117 cm³/mol. The number of halogens is 3. The summed E-state index contributed by atoms with van der Waals surface area (Å²) in [5, 5.41) is 9.93. The van der Waals surface area contributed by atoms with Crippen molar-refractivity contribution in [3.8, 4) is 11.8 Å². The monoisotopic (exact) mass is 526 g/mol. The second-order valence-electron chi connectivity index (χ2n) is 7.25. The maximum atomic E-state index is 13.3. The number of amides is 1. The van der Waals surface area contributed by atoms with Crippen molar-refractivity contribution in [2.45, 2.75) is 24.5 Å². The zero-order valence-electron chi connectivity index (χ0n) is 17.6. The van der Waals surface area contributed by atoms with E-state index < -0.39 is 20.0 Å². The number of rotatable bonds is 7. The van der Waals surface area contributed by atoms with Gasteiger partial charge in [0.05, 0.1) is 0 Å². The Kier molecular flexibility index (Phi) is 6.93. The number of nitrogens with zero attached hydrogens (tertiary/aromatic N) is 4. The van der Waals surface area contributed by atoms with E-state index in [9.17, 15) is 18.0 Å². The molecule has 2 N–H and O–H groups in total. The van der Waals surface area contributed by atoms with Crippen LogP contribution in [0.5, 0.6) is 0 Å². The van der Waals surface area contributed by atoms with Gasteiger partial charge in [-0.1, -0.05) is 0 Å². The summed E-state index contributed by atoms with van der Waals surface area (Å²) >= 11 is -1.81. The van der Waals surface area contributed by atoms with E-state index in [1.165, 1.54) is 10.7 Å². The van der Waals surface area contributed by atoms with Gasteiger partial charge < -0.3 is 4.74 Å². The van der Waals surface area contributed by atoms with Crippen LogP contribution in [0.25, 0.3) is 5.52 Å². The topological polar surface area (TPSA) is 85.5 Å². The molecule has 4 heterocycles. The van der Waals surface area contributed by atoms with E-state index in [2.05, 4.69) is 32.7 Å². The molecule has 0 spiro atoms. The van der Waals surface area contributed by atoms with Gasteiger partial charge in [0.2, 0.25) is 0 Å². The van der Waals surface area contributed by atoms with Crippen LogP contribution in [-0.4, -0.2) is 71.6 Å². The van der Waals surface area contributed by atoms with Gasteiger partial charge in [0, 0.05) is 0 Å². The molecule has 0 radical (unpaired) electrons. The summed E-state index contributed by atoms with van der Waals surface area (Å²) in [6, 6.07) is 5.18. The molecule has 1 aliphatic rings. The summed E-state index contributed by atoms with van der Waals surface area (Å²) in [5.41, 5.74) is 0.809. The van der Waals surface area contributed by atoms with Crippen LogP contribution >= 0.6 is 0 Å². The molecule has 4 rings (SSSR count). The minimum absolute atomic E-state index is 0.0379. The number of alkyl halides is 3. The molecule has 1 fully saturated rings. The number of carbonyl (C=O) groups excluding carboxylic acids is 1. The molecule has 0 unspecified atom stereocenters. The average Bonchev–Trinajstić information content (AvgIpc) is 3.33. The van der Waals surface area contributed by atoms with E-state index in [4.69, 9.17) is 4.74 Å². The second-order valence-corrected chi connectivity index (χ2v) is 9.50. The van der Waals surface area contributed by atoms with E-state index in [1.807, 2.05) is 6.92 Å². The van der Waals surface area contributed by atoms with Crippen molar-refractivity contribution in [1.29, 1.82) is 0 Å². The SMILES string of the molecule is CCCNc1cccc2c([Se]C(F)(F)F)c(C#CCNC(=O)c3cnn(C4COC4)c3)nn12. The first-order chi connectivity index (χ1) is 15.9. The molecule has 8 nitrogen and oxygen atoms in total. The van der Waals surface area contributed by atoms with Crippen LogP contribution in [0.1, 0.15) is 35.4 Å². The summed E-state index contributed by atoms with van der Waals surface area (Å²) < 4.78 is 48.1. The second kappa shape index (κ2) is 9.87. The van der Waals surface area contributed by atoms with Gasteiger partial charge in [0.25, 0.3) is 0 Å². The van der Waals surface area contributed by atoms with Crippen LogP contribution < -0.4 is 15.1 Å². The number of ether oxygens (including phenoxy) is 1. The van der Waals surface area contributed by atoms with Gasteiger partial charge in [-0.25, -0.2) is 0 Å². The van der Waals surface area contributed by atoms with Crippen LogP contribution in [0.15, 0.2) is 30.6 Å². The molecule has 3 aromatic heterocycles. The molecular weight excluding hydrogens is 504 g/mol. The molecule has 0 atom stereocenters. The molecule has 33 heavy (non-hydrogen) atoms. The molecule has 3 aromatic rings. The Hall–Kier alpha value is -3.00. The number of nitrogens with one attached hydrogen (secondary N) is 2. The Morgan fingerprint density at radius 3 is 2.88 bits per heavy atom. The first-order valence-electron chi connectivity index (χ1n) is 10.3. The molecular formula is C21H21F3N6O2Se. The fourth-order valence-corrected chi connectivity index (χ4v) is 4.54. The van der Waals surface area contributed by atoms with Gasteiger partial charge in [-0.15, -0.1) is 0 Å². The van der Waals surface area contributed by atoms with Gasteiger partial charge in [0.15, 0.2) is 0 Å². The third-order valence-corrected chi connectivity index (χ3v) is 6.55. The van der Waals surface area contributed by atoms with Crippen LogP contribution in [0.4, 0.5) is 19.0 Å². The van der Waals surface area contributed by atoms with Crippen LogP contribution in [0.2, 0.25) is 0 Å². The Morgan fingerprint density at radius 2 is 2.18 bits per heavy atom. The number of carbonyl (C=O) groups is 1. The van der Waals surface area contributed by atoms with E-state index in [-0.39, 0.29) is 28.6 Å². The molecule has 1 saturated heterocycles. The van der Waals surface area contributed by atoms with E-state index in [0.29, 0.717) is 36.7 Å². The standard InChI is InChI=1S/C21H21F3N6O2Se/c1-2-8-25-18-7-3-6-17-19(33-21(22,23)24)16(28-30(17)18)5-4-9-26-20(31)14-10-27-29(11-14)15-12-32-13-15/h3,6-7,10-11,15,25H,2,8-9,12-13H2,1H3,(H,26,31). The van der Waals surface area contributed by atoms with Crippen molar-refractivity contribution in [3.05, 3.63) is 41.9 Å². The van der Waals surface area contributed by atoms with Crippen molar-refractivity contribution in [3.63, 3.8) is 0 Å². The molecule has 0 bridgehead atoms. The molecule has 0 aromatic carbocycles. The summed E-state index contributed by atoms with van der Waals surface area (Å²) in [6.45, 7) is 3.74. The van der Waals surface area contributed by atoms with Gasteiger partial charge in [-0.3, -0.25) is 0 Å². The van der Waals surface area contributed by atoms with Crippen LogP contribution in [0.3, 0.4) is 0 Å². The first kappa shape index (κ1) is 23.2. The fourth-order valence-electron chi connectivity index (χ4n) is 3.12. The molecule has 1 aliphatic heterocycles. The van der Waals surface area contributed by atoms with E-state index in [1.54, 1.807) is 29.1 Å². The molecule has 12 heteroatoms. The molecule has 1 amide bonds. The number of fused-ring (bicyclic) bond motifs is 1. The Labute approximate surface area is 194 Å². The van der Waals surface area contributed by atoms with Gasteiger partial charge in [-0.2, -0.15) is 0 Å². The Bertz CT molecular complexity index is 1210. The minimum atomic E-state index is -4.35. The van der Waals surface area contributed by atoms with E-state index >= 15 is 0 Å². The van der Waals surface area contributed by atoms with Gasteiger partial charge in [0.1, 0.15) is 0 Å². The summed E-state index contributed by atoms with van der Waals surface area (Å²) in [5.74, 6) is 5.67. The van der Waals surface area contributed by atoms with E-state index in [0.717, 1.165) is 6.42 Å². The number of pyridine rings is 1. The third-order valence-electron chi connectivity index (χ3n) is 4.79. The number of aromatic nitrogens is 4. The number of hydrogen-bond donors (Lipinski definition) is 2. The van der Waals surface area contributed by atoms with Crippen molar-refractivity contribution in [2.24, 2.45) is 0 Å². The number of hydrogen-bond acceptors (Lipinski definition) is 5. The zero-order chi connectivity index (χ0) is 23.4. The van der Waals surface area contributed by atoms with Crippen LogP contribution in [0, 0.1) is 11.8 Å². The van der Waals surface area contributed by atoms with Gasteiger partial charge >= 0.3 is 189 Å². The van der Waals surface area contributed by atoms with Crippen molar-refractivity contribution in [1.82, 2.24) is 24.7 Å². The Morgan fingerprint density at radius 1 is 1.36 bits per heavy atom. The summed E-state index contributed by atoms with van der Waals surface area (Å²) in [4.78, 5) is 12.3. The molecule has 174 valence electrons. The Balaban J connectivity index is 1.51. The zero-order valence-corrected chi connectivity index (χ0v) is 19.4. The normalized spacial score (nSPS) is 13.9. The summed E-state index contributed by atoms with van der Waals surface area (Å²) in [7, 11) is 0. The van der Waals surface area contributed by atoms with Crippen molar-refractivity contribution >= 4 is 36.7 Å². The number of anilines is 1. The third kappa shape index (κ3) is 5.50. The summed E-state index contributed by atoms with van der Waals surface area (Å²) in [6.07, 6.45) is 3.95. The first-order valence-corrected chi connectivity index (χ1v) is 12.0. The van der Waals surface area contributed by atoms with Crippen molar-refractivity contribution in [2.75, 3.05) is 31.6 Å². The average molecular weight is 525 g/mol. The van der Waals surface area contributed by atoms with Gasteiger partial charge in [-0.05, 0) is 0 Å². The van der Waals surface area contributed by atoms with Crippen LogP contribution in [-0.2, 0) is 4.74 Å². The predicted octanol–water partition coefficient (Wildman–Crippen LogP) is 1.55. The molecule has 0 saturated carbocycles. The maximum absolute atomic E-state index is 13.3.